The van der Waals surface area contributed by atoms with Gasteiger partial charge >= 0.3 is 0 Å². The highest BCUT2D eigenvalue weighted by atomic mass is 35.5. The summed E-state index contributed by atoms with van der Waals surface area (Å²) in [5.74, 6) is -0.327. The van der Waals surface area contributed by atoms with Crippen molar-refractivity contribution < 1.29 is 4.79 Å². The van der Waals surface area contributed by atoms with Gasteiger partial charge in [0.2, 0.25) is 0 Å². The molecule has 21 heavy (non-hydrogen) atoms. The lowest BCUT2D eigenvalue weighted by Crippen LogP contribution is -2.17. The van der Waals surface area contributed by atoms with Gasteiger partial charge in [-0.15, -0.1) is 0 Å². The first-order valence-electron chi connectivity index (χ1n) is 6.16. The third-order valence-corrected chi connectivity index (χ3v) is 3.02. The van der Waals surface area contributed by atoms with E-state index in [4.69, 9.17) is 23.2 Å². The van der Waals surface area contributed by atoms with Crippen molar-refractivity contribution in [3.05, 3.63) is 75.8 Å². The maximum absolute atomic E-state index is 11.8. The van der Waals surface area contributed by atoms with Gasteiger partial charge in [-0.2, -0.15) is 5.10 Å². The second-order valence-corrected chi connectivity index (χ2v) is 5.02. The van der Waals surface area contributed by atoms with Gasteiger partial charge in [-0.25, -0.2) is 5.43 Å². The summed E-state index contributed by atoms with van der Waals surface area (Å²) >= 11 is 11.8. The Labute approximate surface area is 132 Å². The van der Waals surface area contributed by atoms with Crippen LogP contribution in [0.15, 0.2) is 64.7 Å². The summed E-state index contributed by atoms with van der Waals surface area (Å²) in [4.78, 5) is 11.8. The molecule has 1 amide bonds. The van der Waals surface area contributed by atoms with Gasteiger partial charge in [0, 0.05) is 10.6 Å². The first-order valence-corrected chi connectivity index (χ1v) is 6.92. The number of allylic oxidation sites excluding steroid dienone is 1. The topological polar surface area (TPSA) is 41.5 Å². The number of hydrogen-bond acceptors (Lipinski definition) is 2. The van der Waals surface area contributed by atoms with Crippen molar-refractivity contribution in [3.8, 4) is 0 Å². The zero-order chi connectivity index (χ0) is 15.1. The number of carbonyl (C=O) groups is 1. The minimum absolute atomic E-state index is 0.327. The first-order chi connectivity index (χ1) is 10.1. The van der Waals surface area contributed by atoms with Crippen LogP contribution in [-0.2, 0) is 0 Å². The Morgan fingerprint density at radius 3 is 2.38 bits per heavy atom. The van der Waals surface area contributed by atoms with E-state index in [1.165, 1.54) is 6.21 Å². The van der Waals surface area contributed by atoms with Crippen molar-refractivity contribution in [1.29, 1.82) is 0 Å². The van der Waals surface area contributed by atoms with Crippen LogP contribution in [0.4, 0.5) is 0 Å². The minimum atomic E-state index is -0.327. The molecule has 1 N–H and O–H groups in total. The van der Waals surface area contributed by atoms with E-state index in [-0.39, 0.29) is 5.91 Å². The number of hydrogen-bond donors (Lipinski definition) is 1. The molecule has 0 saturated carbocycles. The number of hydrazone groups is 1. The minimum Gasteiger partial charge on any atom is -0.267 e. The molecule has 5 heteroatoms. The van der Waals surface area contributed by atoms with Crippen LogP contribution in [-0.4, -0.2) is 12.1 Å². The first kappa shape index (κ1) is 15.3. The molecule has 0 saturated heterocycles. The van der Waals surface area contributed by atoms with E-state index in [1.54, 1.807) is 30.3 Å². The van der Waals surface area contributed by atoms with Crippen LogP contribution in [0.25, 0.3) is 6.08 Å². The van der Waals surface area contributed by atoms with Gasteiger partial charge in [-0.05, 0) is 35.9 Å². The van der Waals surface area contributed by atoms with Crippen molar-refractivity contribution in [1.82, 2.24) is 5.43 Å². The highest BCUT2D eigenvalue weighted by molar-refractivity contribution is 6.41. The van der Waals surface area contributed by atoms with Crippen LogP contribution in [0, 0.1) is 0 Å². The number of amides is 1. The zero-order valence-corrected chi connectivity index (χ0v) is 12.5. The molecule has 0 aliphatic heterocycles. The number of carbonyl (C=O) groups excluding carboxylic acids is 1. The molecule has 0 fully saturated rings. The molecule has 0 unspecified atom stereocenters. The van der Waals surface area contributed by atoms with Gasteiger partial charge < -0.3 is 0 Å². The smallest absolute Gasteiger partial charge is 0.267 e. The monoisotopic (exact) mass is 318 g/mol. The second-order valence-electron chi connectivity index (χ2n) is 4.15. The van der Waals surface area contributed by atoms with Gasteiger partial charge in [0.05, 0.1) is 11.2 Å². The fourth-order valence-corrected chi connectivity index (χ4v) is 1.86. The Morgan fingerprint density at radius 2 is 1.71 bits per heavy atom. The summed E-state index contributed by atoms with van der Waals surface area (Å²) < 4.78 is 0. The molecule has 0 aliphatic carbocycles. The highest BCUT2D eigenvalue weighted by Crippen LogP contribution is 2.10. The fourth-order valence-electron chi connectivity index (χ4n) is 1.56. The Hall–Kier alpha value is -2.10. The molecule has 0 radical (unpaired) electrons. The van der Waals surface area contributed by atoms with Gasteiger partial charge in [0.25, 0.3) is 5.91 Å². The van der Waals surface area contributed by atoms with Crippen LogP contribution < -0.4 is 5.43 Å². The van der Waals surface area contributed by atoms with Gasteiger partial charge in [0.1, 0.15) is 0 Å². The Bertz CT molecular complexity index is 664. The predicted molar refractivity (Wildman–Crippen MR) is 87.7 cm³/mol. The number of halogens is 2. The summed E-state index contributed by atoms with van der Waals surface area (Å²) in [5.41, 5.74) is 3.83. The summed E-state index contributed by atoms with van der Waals surface area (Å²) in [6.07, 6.45) is 3.13. The lowest BCUT2D eigenvalue weighted by atomic mass is 10.2. The quantitative estimate of drug-likeness (QED) is 0.661. The normalized spacial score (nSPS) is 11.6. The van der Waals surface area contributed by atoms with E-state index in [0.29, 0.717) is 15.6 Å². The Morgan fingerprint density at radius 1 is 1.05 bits per heavy atom. The van der Waals surface area contributed by atoms with E-state index in [1.807, 2.05) is 30.3 Å². The standard InChI is InChI=1S/C16H12Cl2N2O/c17-14-8-6-13(7-9-14)16(21)20-19-11-15(18)10-12-4-2-1-3-5-12/h1-11H,(H,20,21). The van der Waals surface area contributed by atoms with Gasteiger partial charge in [-0.1, -0.05) is 53.5 Å². The van der Waals surface area contributed by atoms with E-state index in [2.05, 4.69) is 10.5 Å². The van der Waals surface area contributed by atoms with Crippen molar-refractivity contribution in [2.24, 2.45) is 5.10 Å². The van der Waals surface area contributed by atoms with Crippen molar-refractivity contribution >= 4 is 41.4 Å². The summed E-state index contributed by atoms with van der Waals surface area (Å²) in [5, 5.41) is 4.80. The molecular weight excluding hydrogens is 307 g/mol. The van der Waals surface area contributed by atoms with E-state index < -0.39 is 0 Å². The molecule has 0 bridgehead atoms. The largest absolute Gasteiger partial charge is 0.271 e. The lowest BCUT2D eigenvalue weighted by molar-refractivity contribution is 0.0955. The van der Waals surface area contributed by atoms with Gasteiger partial charge in [-0.3, -0.25) is 4.79 Å². The maximum atomic E-state index is 11.8. The van der Waals surface area contributed by atoms with Crippen molar-refractivity contribution in [2.45, 2.75) is 0 Å². The molecule has 0 spiro atoms. The number of nitrogens with one attached hydrogen (secondary N) is 1. The third kappa shape index (κ3) is 5.06. The fraction of sp³-hybridized carbons (Fsp3) is 0. The third-order valence-electron chi connectivity index (χ3n) is 2.56. The van der Waals surface area contributed by atoms with E-state index >= 15 is 0 Å². The van der Waals surface area contributed by atoms with Crippen molar-refractivity contribution in [3.63, 3.8) is 0 Å². The Balaban J connectivity index is 1.94. The average Bonchev–Trinajstić information content (AvgIpc) is 2.49. The average molecular weight is 319 g/mol. The summed E-state index contributed by atoms with van der Waals surface area (Å²) in [6, 6.07) is 16.1. The highest BCUT2D eigenvalue weighted by Gasteiger charge is 2.02. The second kappa shape index (κ2) is 7.62. The molecule has 3 nitrogen and oxygen atoms in total. The Kier molecular flexibility index (Phi) is 5.55. The van der Waals surface area contributed by atoms with Crippen LogP contribution >= 0.6 is 23.2 Å². The van der Waals surface area contributed by atoms with Crippen LogP contribution in [0.5, 0.6) is 0 Å². The summed E-state index contributed by atoms with van der Waals surface area (Å²) in [7, 11) is 0. The zero-order valence-electron chi connectivity index (χ0n) is 11.0. The molecule has 0 aromatic heterocycles. The number of rotatable bonds is 4. The molecule has 106 valence electrons. The molecule has 0 heterocycles. The number of benzene rings is 2. The van der Waals surface area contributed by atoms with Crippen LogP contribution in [0.3, 0.4) is 0 Å². The predicted octanol–water partition coefficient (Wildman–Crippen LogP) is 4.34. The lowest BCUT2D eigenvalue weighted by Gasteiger charge is -1.99. The maximum Gasteiger partial charge on any atom is 0.271 e. The molecular formula is C16H12Cl2N2O. The molecule has 2 aromatic carbocycles. The van der Waals surface area contributed by atoms with E-state index in [9.17, 15) is 4.79 Å². The SMILES string of the molecule is O=C(NN=CC(Cl)=Cc1ccccc1)c1ccc(Cl)cc1. The van der Waals surface area contributed by atoms with E-state index in [0.717, 1.165) is 5.56 Å². The van der Waals surface area contributed by atoms with Crippen LogP contribution in [0.1, 0.15) is 15.9 Å². The van der Waals surface area contributed by atoms with Crippen LogP contribution in [0.2, 0.25) is 5.02 Å². The summed E-state index contributed by atoms with van der Waals surface area (Å²) in [6.45, 7) is 0. The number of nitrogens with zero attached hydrogens (tertiary/aromatic N) is 1. The molecule has 2 rings (SSSR count). The van der Waals surface area contributed by atoms with Crippen molar-refractivity contribution in [2.75, 3.05) is 0 Å². The van der Waals surface area contributed by atoms with Gasteiger partial charge in [0.15, 0.2) is 0 Å². The molecule has 0 atom stereocenters. The molecule has 0 aliphatic rings. The molecule has 2 aromatic rings.